The van der Waals surface area contributed by atoms with Gasteiger partial charge in [0.05, 0.1) is 12.1 Å². The first-order valence-electron chi connectivity index (χ1n) is 8.01. The van der Waals surface area contributed by atoms with E-state index in [1.165, 1.54) is 51.4 Å². The van der Waals surface area contributed by atoms with Gasteiger partial charge in [-0.25, -0.2) is 0 Å². The Morgan fingerprint density at radius 1 is 1.05 bits per heavy atom. The first kappa shape index (κ1) is 12.0. The van der Waals surface area contributed by atoms with Crippen LogP contribution in [0.25, 0.3) is 0 Å². The number of rotatable bonds is 1. The predicted molar refractivity (Wildman–Crippen MR) is 77.1 cm³/mol. The first-order valence-corrected chi connectivity index (χ1v) is 8.01. The van der Waals surface area contributed by atoms with Crippen molar-refractivity contribution in [2.75, 3.05) is 13.6 Å². The van der Waals surface area contributed by atoms with E-state index in [2.05, 4.69) is 21.8 Å². The van der Waals surface area contributed by atoms with Crippen molar-refractivity contribution < 1.29 is 0 Å². The van der Waals surface area contributed by atoms with Gasteiger partial charge in [0, 0.05) is 18.1 Å². The molecule has 4 nitrogen and oxygen atoms in total. The Bertz CT molecular complexity index is 385. The van der Waals surface area contributed by atoms with E-state index < -0.39 is 0 Å². The number of nitrogens with zero attached hydrogens (tertiary/aromatic N) is 3. The summed E-state index contributed by atoms with van der Waals surface area (Å²) >= 11 is 0. The molecule has 4 aliphatic rings. The minimum atomic E-state index is 0.275. The molecule has 2 unspecified atom stereocenters. The molecule has 0 aromatic rings. The molecule has 0 aromatic carbocycles. The molecule has 1 aliphatic carbocycles. The van der Waals surface area contributed by atoms with Crippen molar-refractivity contribution in [2.24, 2.45) is 10.7 Å². The maximum Gasteiger partial charge on any atom is 0.192 e. The summed E-state index contributed by atoms with van der Waals surface area (Å²) in [5.41, 5.74) is 6.55. The summed E-state index contributed by atoms with van der Waals surface area (Å²) in [6.45, 7) is 0.955. The van der Waals surface area contributed by atoms with E-state index >= 15 is 0 Å². The highest BCUT2D eigenvalue weighted by molar-refractivity contribution is 5.81. The molecule has 2 N–H and O–H groups in total. The molecule has 3 aliphatic heterocycles. The van der Waals surface area contributed by atoms with Crippen LogP contribution in [0.4, 0.5) is 0 Å². The molecule has 2 bridgehead atoms. The zero-order chi connectivity index (χ0) is 13.0. The average Bonchev–Trinajstić information content (AvgIpc) is 3.03. The Labute approximate surface area is 116 Å². The van der Waals surface area contributed by atoms with Crippen LogP contribution in [-0.4, -0.2) is 53.0 Å². The van der Waals surface area contributed by atoms with Gasteiger partial charge >= 0.3 is 0 Å². The molecule has 4 heteroatoms. The van der Waals surface area contributed by atoms with Crippen molar-refractivity contribution in [3.63, 3.8) is 0 Å². The van der Waals surface area contributed by atoms with Gasteiger partial charge in [-0.3, -0.25) is 4.99 Å². The number of hydrogen-bond donors (Lipinski definition) is 1. The standard InChI is InChI=1S/C15H26N4/c1-18-12-6-7-13(18)9-15(8-12)10-17-14(16)19(15)11-4-2-3-5-11/h11-13H,2-10H2,1H3,(H2,16,17). The Hall–Kier alpha value is -0.770. The van der Waals surface area contributed by atoms with Crippen molar-refractivity contribution >= 4 is 5.96 Å². The second kappa shape index (κ2) is 4.11. The normalized spacial score (nSPS) is 43.4. The van der Waals surface area contributed by atoms with Gasteiger partial charge in [0.15, 0.2) is 5.96 Å². The third-order valence-electron chi connectivity index (χ3n) is 6.20. The number of hydrogen-bond acceptors (Lipinski definition) is 4. The predicted octanol–water partition coefficient (Wildman–Crippen LogP) is 1.55. The third kappa shape index (κ3) is 1.65. The van der Waals surface area contributed by atoms with E-state index in [1.807, 2.05) is 0 Å². The van der Waals surface area contributed by atoms with Crippen LogP contribution in [0.2, 0.25) is 0 Å². The topological polar surface area (TPSA) is 44.9 Å². The molecule has 0 amide bonds. The van der Waals surface area contributed by atoms with Crippen LogP contribution in [0.5, 0.6) is 0 Å². The number of guanidine groups is 1. The summed E-state index contributed by atoms with van der Waals surface area (Å²) in [4.78, 5) is 9.85. The molecule has 0 aromatic heterocycles. The maximum atomic E-state index is 6.27. The lowest BCUT2D eigenvalue weighted by molar-refractivity contribution is 0.0319. The Morgan fingerprint density at radius 2 is 1.68 bits per heavy atom. The molecular weight excluding hydrogens is 236 g/mol. The van der Waals surface area contributed by atoms with E-state index in [0.29, 0.717) is 6.04 Å². The lowest BCUT2D eigenvalue weighted by Gasteiger charge is -2.50. The van der Waals surface area contributed by atoms with E-state index in [0.717, 1.165) is 24.6 Å². The Morgan fingerprint density at radius 3 is 2.32 bits per heavy atom. The van der Waals surface area contributed by atoms with E-state index in [9.17, 15) is 0 Å². The van der Waals surface area contributed by atoms with Gasteiger partial charge in [0.1, 0.15) is 0 Å². The highest BCUT2D eigenvalue weighted by Gasteiger charge is 2.54. The molecule has 1 saturated carbocycles. The fourth-order valence-electron chi connectivity index (χ4n) is 5.23. The zero-order valence-electron chi connectivity index (χ0n) is 12.0. The lowest BCUT2D eigenvalue weighted by atomic mass is 9.81. The van der Waals surface area contributed by atoms with Gasteiger partial charge in [0.25, 0.3) is 0 Å². The monoisotopic (exact) mass is 262 g/mol. The zero-order valence-corrected chi connectivity index (χ0v) is 12.0. The number of nitrogens with two attached hydrogens (primary N) is 1. The van der Waals surface area contributed by atoms with Crippen LogP contribution < -0.4 is 5.73 Å². The SMILES string of the molecule is CN1C2CCC1CC1(CN=C(N)N1C1CCCC1)C2. The molecule has 19 heavy (non-hydrogen) atoms. The van der Waals surface area contributed by atoms with Crippen molar-refractivity contribution in [2.45, 2.75) is 75.0 Å². The lowest BCUT2D eigenvalue weighted by Crippen LogP contribution is -2.62. The molecule has 2 saturated heterocycles. The summed E-state index contributed by atoms with van der Waals surface area (Å²) in [6, 6.07) is 2.21. The van der Waals surface area contributed by atoms with E-state index in [1.54, 1.807) is 0 Å². The number of aliphatic imine (C=N–C) groups is 1. The second-order valence-electron chi connectivity index (χ2n) is 7.17. The Balaban J connectivity index is 1.63. The Kier molecular flexibility index (Phi) is 2.60. The van der Waals surface area contributed by atoms with Crippen LogP contribution in [0.15, 0.2) is 4.99 Å². The number of piperidine rings is 1. The summed E-state index contributed by atoms with van der Waals surface area (Å²) in [6.07, 6.45) is 10.7. The average molecular weight is 262 g/mol. The summed E-state index contributed by atoms with van der Waals surface area (Å²) < 4.78 is 0. The molecule has 3 fully saturated rings. The highest BCUT2D eigenvalue weighted by Crippen LogP contribution is 2.46. The van der Waals surface area contributed by atoms with Gasteiger partial charge in [-0.2, -0.15) is 0 Å². The van der Waals surface area contributed by atoms with Crippen LogP contribution in [-0.2, 0) is 0 Å². The van der Waals surface area contributed by atoms with E-state index in [-0.39, 0.29) is 5.54 Å². The smallest absolute Gasteiger partial charge is 0.192 e. The highest BCUT2D eigenvalue weighted by atomic mass is 15.4. The van der Waals surface area contributed by atoms with Crippen molar-refractivity contribution in [1.29, 1.82) is 0 Å². The van der Waals surface area contributed by atoms with Gasteiger partial charge < -0.3 is 15.5 Å². The summed E-state index contributed by atoms with van der Waals surface area (Å²) in [7, 11) is 2.31. The second-order valence-corrected chi connectivity index (χ2v) is 7.17. The summed E-state index contributed by atoms with van der Waals surface area (Å²) in [5, 5.41) is 0. The molecule has 106 valence electrons. The maximum absolute atomic E-state index is 6.27. The van der Waals surface area contributed by atoms with Crippen LogP contribution in [0.3, 0.4) is 0 Å². The molecule has 2 atom stereocenters. The fraction of sp³-hybridized carbons (Fsp3) is 0.933. The number of fused-ring (bicyclic) bond motifs is 2. The third-order valence-corrected chi connectivity index (χ3v) is 6.20. The van der Waals surface area contributed by atoms with Crippen molar-refractivity contribution in [3.8, 4) is 0 Å². The minimum absolute atomic E-state index is 0.275. The van der Waals surface area contributed by atoms with Gasteiger partial charge in [-0.1, -0.05) is 12.8 Å². The molecule has 1 spiro atoms. The van der Waals surface area contributed by atoms with Gasteiger partial charge in [-0.05, 0) is 45.6 Å². The van der Waals surface area contributed by atoms with Crippen LogP contribution >= 0.6 is 0 Å². The molecule has 0 radical (unpaired) electrons. The fourth-order valence-corrected chi connectivity index (χ4v) is 5.23. The molecule has 3 heterocycles. The molecular formula is C15H26N4. The van der Waals surface area contributed by atoms with Crippen LogP contribution in [0, 0.1) is 0 Å². The van der Waals surface area contributed by atoms with Crippen LogP contribution in [0.1, 0.15) is 51.4 Å². The quantitative estimate of drug-likeness (QED) is 0.780. The minimum Gasteiger partial charge on any atom is -0.370 e. The first-order chi connectivity index (χ1) is 9.20. The molecule has 4 rings (SSSR count). The van der Waals surface area contributed by atoms with E-state index in [4.69, 9.17) is 5.73 Å². The summed E-state index contributed by atoms with van der Waals surface area (Å²) in [5.74, 6) is 0.843. The largest absolute Gasteiger partial charge is 0.370 e. The van der Waals surface area contributed by atoms with Gasteiger partial charge in [-0.15, -0.1) is 0 Å². The van der Waals surface area contributed by atoms with Gasteiger partial charge in [0.2, 0.25) is 0 Å². The van der Waals surface area contributed by atoms with Crippen molar-refractivity contribution in [1.82, 2.24) is 9.80 Å². The van der Waals surface area contributed by atoms with Crippen molar-refractivity contribution in [3.05, 3.63) is 0 Å².